The van der Waals surface area contributed by atoms with Gasteiger partial charge in [0.15, 0.2) is 11.6 Å². The minimum atomic E-state index is -0.130. The lowest BCUT2D eigenvalue weighted by atomic mass is 10.2. The fraction of sp³-hybridized carbons (Fsp3) is 0.458. The summed E-state index contributed by atoms with van der Waals surface area (Å²) in [6, 6.07) is 5.63. The van der Waals surface area contributed by atoms with E-state index in [-0.39, 0.29) is 23.5 Å². The summed E-state index contributed by atoms with van der Waals surface area (Å²) in [5.74, 6) is 0.584. The van der Waals surface area contributed by atoms with Gasteiger partial charge >= 0.3 is 0 Å². The number of likely N-dealkylation sites (tertiary alicyclic amines) is 1. The molecule has 1 saturated heterocycles. The molecule has 8 heteroatoms. The van der Waals surface area contributed by atoms with Gasteiger partial charge in [0.2, 0.25) is 5.91 Å². The third-order valence-corrected chi connectivity index (χ3v) is 6.59. The Morgan fingerprint density at radius 3 is 2.50 bits per heavy atom. The van der Waals surface area contributed by atoms with Crippen LogP contribution in [0.1, 0.15) is 48.9 Å². The van der Waals surface area contributed by atoms with Crippen LogP contribution < -0.4 is 5.32 Å². The zero-order valence-electron chi connectivity index (χ0n) is 18.6. The van der Waals surface area contributed by atoms with Crippen molar-refractivity contribution in [2.75, 3.05) is 18.4 Å². The molecule has 1 saturated carbocycles. The van der Waals surface area contributed by atoms with E-state index in [0.717, 1.165) is 62.6 Å². The van der Waals surface area contributed by atoms with E-state index in [1.165, 1.54) is 0 Å². The summed E-state index contributed by atoms with van der Waals surface area (Å²) in [7, 11) is 3.70. The van der Waals surface area contributed by atoms with Gasteiger partial charge in [0.05, 0.1) is 16.6 Å². The highest BCUT2D eigenvalue weighted by Gasteiger charge is 2.30. The summed E-state index contributed by atoms with van der Waals surface area (Å²) in [6.45, 7) is 1.45. The van der Waals surface area contributed by atoms with Crippen molar-refractivity contribution in [3.05, 3.63) is 30.0 Å². The minimum absolute atomic E-state index is 0.0394. The first-order valence-corrected chi connectivity index (χ1v) is 11.4. The van der Waals surface area contributed by atoms with Crippen LogP contribution >= 0.6 is 0 Å². The number of amides is 2. The Hall–Kier alpha value is -3.29. The molecule has 32 heavy (non-hydrogen) atoms. The van der Waals surface area contributed by atoms with E-state index in [2.05, 4.69) is 5.32 Å². The third-order valence-electron chi connectivity index (χ3n) is 6.59. The second-order valence-corrected chi connectivity index (χ2v) is 9.02. The van der Waals surface area contributed by atoms with Crippen LogP contribution in [0.15, 0.2) is 24.4 Å². The first-order chi connectivity index (χ1) is 15.4. The maximum atomic E-state index is 13.1. The Labute approximate surface area is 186 Å². The molecule has 0 atom stereocenters. The number of aryl methyl sites for hydroxylation is 2. The Balaban J connectivity index is 1.48. The molecule has 3 heterocycles. The summed E-state index contributed by atoms with van der Waals surface area (Å²) in [5.41, 5.74) is 3.13. The summed E-state index contributed by atoms with van der Waals surface area (Å²) >= 11 is 0. The van der Waals surface area contributed by atoms with Crippen molar-refractivity contribution in [1.82, 2.24) is 19.0 Å². The maximum Gasteiger partial charge on any atom is 0.259 e. The molecule has 8 nitrogen and oxygen atoms in total. The van der Waals surface area contributed by atoms with Crippen molar-refractivity contribution < 1.29 is 14.7 Å². The fourth-order valence-corrected chi connectivity index (χ4v) is 4.56. The van der Waals surface area contributed by atoms with Crippen LogP contribution in [0.4, 0.5) is 5.69 Å². The number of hydrogen-bond acceptors (Lipinski definition) is 4. The van der Waals surface area contributed by atoms with E-state index in [0.29, 0.717) is 22.8 Å². The molecule has 1 aliphatic heterocycles. The quantitative estimate of drug-likeness (QED) is 0.654. The van der Waals surface area contributed by atoms with E-state index >= 15 is 0 Å². The summed E-state index contributed by atoms with van der Waals surface area (Å²) in [4.78, 5) is 31.8. The lowest BCUT2D eigenvalue weighted by molar-refractivity contribution is -0.117. The topological polar surface area (TPSA) is 92.4 Å². The SMILES string of the molecule is Cn1cc(C(=O)N2CCCCCC2)c(O)c1-c1nc2cc(NC(=O)C3CC3)ccc2n1C. The first-order valence-electron chi connectivity index (χ1n) is 11.4. The highest BCUT2D eigenvalue weighted by Crippen LogP contribution is 2.36. The molecular weight excluding hydrogens is 406 g/mol. The average molecular weight is 436 g/mol. The van der Waals surface area contributed by atoms with Crippen LogP contribution in [-0.4, -0.2) is 49.0 Å². The molecule has 2 aromatic heterocycles. The molecule has 1 aromatic carbocycles. The van der Waals surface area contributed by atoms with Gasteiger partial charge in [-0.1, -0.05) is 12.8 Å². The molecule has 0 bridgehead atoms. The second-order valence-electron chi connectivity index (χ2n) is 9.02. The van der Waals surface area contributed by atoms with Gasteiger partial charge in [-0.2, -0.15) is 0 Å². The molecule has 2 N–H and O–H groups in total. The molecule has 0 unspecified atom stereocenters. The minimum Gasteiger partial charge on any atom is -0.505 e. The Bertz CT molecular complexity index is 1200. The number of benzene rings is 1. The molecule has 1 aliphatic carbocycles. The zero-order chi connectivity index (χ0) is 22.4. The lowest BCUT2D eigenvalue weighted by Crippen LogP contribution is -2.31. The first kappa shape index (κ1) is 20.6. The van der Waals surface area contributed by atoms with Gasteiger partial charge in [-0.3, -0.25) is 9.59 Å². The lowest BCUT2D eigenvalue weighted by Gasteiger charge is -2.19. The molecular formula is C24H29N5O3. The number of hydrogen-bond donors (Lipinski definition) is 2. The van der Waals surface area contributed by atoms with Crippen molar-refractivity contribution in [3.63, 3.8) is 0 Å². The molecule has 5 rings (SSSR count). The number of anilines is 1. The van der Waals surface area contributed by atoms with Gasteiger partial charge in [0.1, 0.15) is 5.69 Å². The summed E-state index contributed by atoms with van der Waals surface area (Å²) in [6.07, 6.45) is 7.86. The predicted molar refractivity (Wildman–Crippen MR) is 123 cm³/mol. The van der Waals surface area contributed by atoms with Crippen LogP contribution in [0.25, 0.3) is 22.6 Å². The fourth-order valence-electron chi connectivity index (χ4n) is 4.56. The molecule has 2 aliphatic rings. The number of carbonyl (C=O) groups is 2. The van der Waals surface area contributed by atoms with Crippen molar-refractivity contribution in [2.24, 2.45) is 20.0 Å². The molecule has 0 spiro atoms. The zero-order valence-corrected chi connectivity index (χ0v) is 18.6. The molecule has 2 fully saturated rings. The van der Waals surface area contributed by atoms with E-state index in [1.54, 1.807) is 10.8 Å². The summed E-state index contributed by atoms with van der Waals surface area (Å²) in [5, 5.41) is 14.0. The standard InChI is InChI=1S/C24H29N5O3/c1-27-14-17(24(32)29-11-5-3-4-6-12-29)21(30)20(27)22-26-18-13-16(9-10-19(18)28(22)2)25-23(31)15-7-8-15/h9-10,13-15,30H,3-8,11-12H2,1-2H3,(H,25,31). The number of nitrogens with zero attached hydrogens (tertiary/aromatic N) is 4. The van der Waals surface area contributed by atoms with Crippen molar-refractivity contribution >= 4 is 28.5 Å². The van der Waals surface area contributed by atoms with E-state index < -0.39 is 0 Å². The van der Waals surface area contributed by atoms with Crippen molar-refractivity contribution in [1.29, 1.82) is 0 Å². The second kappa shape index (κ2) is 8.00. The number of aromatic nitrogens is 3. The van der Waals surface area contributed by atoms with Crippen LogP contribution in [0, 0.1) is 5.92 Å². The highest BCUT2D eigenvalue weighted by molar-refractivity contribution is 6.00. The Morgan fingerprint density at radius 1 is 1.09 bits per heavy atom. The van der Waals surface area contributed by atoms with Gasteiger partial charge in [-0.25, -0.2) is 4.98 Å². The van der Waals surface area contributed by atoms with Crippen LogP contribution in [-0.2, 0) is 18.9 Å². The van der Waals surface area contributed by atoms with E-state index in [1.807, 2.05) is 41.8 Å². The number of nitrogens with one attached hydrogen (secondary N) is 1. The molecule has 0 radical (unpaired) electrons. The summed E-state index contributed by atoms with van der Waals surface area (Å²) < 4.78 is 3.66. The third kappa shape index (κ3) is 3.63. The highest BCUT2D eigenvalue weighted by atomic mass is 16.3. The monoisotopic (exact) mass is 435 g/mol. The van der Waals surface area contributed by atoms with Crippen LogP contribution in [0.5, 0.6) is 5.75 Å². The Morgan fingerprint density at radius 2 is 1.81 bits per heavy atom. The van der Waals surface area contributed by atoms with Crippen LogP contribution in [0.2, 0.25) is 0 Å². The van der Waals surface area contributed by atoms with Gasteiger partial charge < -0.3 is 24.5 Å². The van der Waals surface area contributed by atoms with Gasteiger partial charge in [-0.15, -0.1) is 0 Å². The van der Waals surface area contributed by atoms with Crippen LogP contribution in [0.3, 0.4) is 0 Å². The predicted octanol–water partition coefficient (Wildman–Crippen LogP) is 3.65. The number of imidazole rings is 1. The normalized spacial score (nSPS) is 16.9. The molecule has 3 aromatic rings. The average Bonchev–Trinajstić information content (AvgIpc) is 3.56. The largest absolute Gasteiger partial charge is 0.505 e. The smallest absolute Gasteiger partial charge is 0.259 e. The van der Waals surface area contributed by atoms with E-state index in [9.17, 15) is 14.7 Å². The number of carbonyl (C=O) groups excluding carboxylic acids is 2. The van der Waals surface area contributed by atoms with E-state index in [4.69, 9.17) is 4.98 Å². The molecule has 168 valence electrons. The van der Waals surface area contributed by atoms with Crippen molar-refractivity contribution in [3.8, 4) is 17.3 Å². The van der Waals surface area contributed by atoms with Gasteiger partial charge in [0, 0.05) is 45.0 Å². The number of rotatable bonds is 4. The number of aromatic hydroxyl groups is 1. The Kier molecular flexibility index (Phi) is 5.15. The molecule has 2 amide bonds. The van der Waals surface area contributed by atoms with Gasteiger partial charge in [-0.05, 0) is 43.9 Å². The number of fused-ring (bicyclic) bond motifs is 1. The van der Waals surface area contributed by atoms with Crippen molar-refractivity contribution in [2.45, 2.75) is 38.5 Å². The van der Waals surface area contributed by atoms with Gasteiger partial charge in [0.25, 0.3) is 5.91 Å². The maximum absolute atomic E-state index is 13.1.